The zero-order chi connectivity index (χ0) is 33.3. The summed E-state index contributed by atoms with van der Waals surface area (Å²) in [6.45, 7) is 4.25. The van der Waals surface area contributed by atoms with Crippen molar-refractivity contribution in [2.45, 2.75) is 33.1 Å². The maximum atomic E-state index is 13.1. The van der Waals surface area contributed by atoms with E-state index in [1.807, 2.05) is 31.2 Å². The highest BCUT2D eigenvalue weighted by Crippen LogP contribution is 2.29. The van der Waals surface area contributed by atoms with E-state index in [2.05, 4.69) is 25.3 Å². The van der Waals surface area contributed by atoms with Gasteiger partial charge in [0.25, 0.3) is 11.8 Å². The Labute approximate surface area is 264 Å². The number of anilines is 2. The molecular formula is C33H34F4N6O3. The Bertz CT molecular complexity index is 1660. The Morgan fingerprint density at radius 3 is 2.30 bits per heavy atom. The standard InChI is InChI=1S/C23H22F2N6O2.C10H12F2O/c1-15-5-3-4-6-17(15)20(26-2)22-28-11-18(21(30-22)29-16-7-9-27-10-8-16)33-12-19(32)31-13-23(24,25)14-31;1-3-8-9(11)5-7(13-4-2)6-10(8)12/h3-11H,12-14H2,1-2H3,(H,27,28,29,30);5-6H,3-4H2,1-2H3. The van der Waals surface area contributed by atoms with Gasteiger partial charge in [0.05, 0.1) is 25.9 Å². The van der Waals surface area contributed by atoms with Crippen LogP contribution in [0.3, 0.4) is 0 Å². The molecule has 1 saturated heterocycles. The minimum atomic E-state index is -2.83. The molecule has 0 spiro atoms. The summed E-state index contributed by atoms with van der Waals surface area (Å²) in [4.78, 5) is 30.6. The Kier molecular flexibility index (Phi) is 11.2. The van der Waals surface area contributed by atoms with Crippen molar-refractivity contribution in [3.63, 3.8) is 0 Å². The number of likely N-dealkylation sites (tertiary alicyclic amines) is 1. The lowest BCUT2D eigenvalue weighted by Gasteiger charge is -2.38. The first-order chi connectivity index (χ1) is 22.0. The van der Waals surface area contributed by atoms with E-state index in [1.165, 1.54) is 18.3 Å². The van der Waals surface area contributed by atoms with Gasteiger partial charge in [-0.1, -0.05) is 31.2 Å². The van der Waals surface area contributed by atoms with Crippen LogP contribution in [0.25, 0.3) is 0 Å². The number of amides is 1. The first-order valence-electron chi connectivity index (χ1n) is 14.5. The minimum Gasteiger partial charge on any atom is -0.494 e. The summed E-state index contributed by atoms with van der Waals surface area (Å²) in [7, 11) is 1.66. The lowest BCUT2D eigenvalue weighted by atomic mass is 10.0. The number of ether oxygens (including phenoxy) is 2. The van der Waals surface area contributed by atoms with Crippen molar-refractivity contribution in [2.24, 2.45) is 4.99 Å². The zero-order valence-electron chi connectivity index (χ0n) is 25.9. The predicted molar refractivity (Wildman–Crippen MR) is 166 cm³/mol. The van der Waals surface area contributed by atoms with Crippen molar-refractivity contribution in [1.82, 2.24) is 19.9 Å². The number of benzene rings is 2. The minimum absolute atomic E-state index is 0.114. The molecule has 4 aromatic rings. The van der Waals surface area contributed by atoms with Gasteiger partial charge in [0.15, 0.2) is 24.0 Å². The molecule has 9 nitrogen and oxygen atoms in total. The third-order valence-electron chi connectivity index (χ3n) is 6.86. The molecule has 1 aliphatic rings. The van der Waals surface area contributed by atoms with Gasteiger partial charge < -0.3 is 19.7 Å². The zero-order valence-corrected chi connectivity index (χ0v) is 25.9. The van der Waals surface area contributed by atoms with Crippen molar-refractivity contribution in [2.75, 3.05) is 38.7 Å². The van der Waals surface area contributed by atoms with E-state index in [9.17, 15) is 22.4 Å². The molecule has 2 aromatic heterocycles. The normalized spacial score (nSPS) is 13.7. The second kappa shape index (κ2) is 15.3. The van der Waals surface area contributed by atoms with Gasteiger partial charge in [0, 0.05) is 48.4 Å². The molecule has 0 saturated carbocycles. The fraction of sp³-hybridized carbons (Fsp3) is 0.303. The average molecular weight is 639 g/mol. The van der Waals surface area contributed by atoms with Crippen molar-refractivity contribution >= 4 is 23.1 Å². The number of nitrogens with one attached hydrogen (secondary N) is 1. The maximum Gasteiger partial charge on any atom is 0.282 e. The molecule has 1 N–H and O–H groups in total. The first kappa shape index (κ1) is 33.8. The van der Waals surface area contributed by atoms with Gasteiger partial charge in [0.1, 0.15) is 23.1 Å². The average Bonchev–Trinajstić information content (AvgIpc) is 3.01. The van der Waals surface area contributed by atoms with Crippen LogP contribution in [0.2, 0.25) is 0 Å². The number of pyridine rings is 1. The third-order valence-corrected chi connectivity index (χ3v) is 6.86. The summed E-state index contributed by atoms with van der Waals surface area (Å²) >= 11 is 0. The molecule has 1 amide bonds. The van der Waals surface area contributed by atoms with Crippen LogP contribution in [-0.2, 0) is 11.2 Å². The molecule has 242 valence electrons. The number of aliphatic imine (C=N–C) groups is 1. The van der Waals surface area contributed by atoms with Crippen molar-refractivity contribution < 1.29 is 31.8 Å². The molecule has 0 aliphatic carbocycles. The maximum absolute atomic E-state index is 13.1. The number of nitrogens with zero attached hydrogens (tertiary/aromatic N) is 5. The lowest BCUT2D eigenvalue weighted by molar-refractivity contribution is -0.167. The first-order valence-corrected chi connectivity index (χ1v) is 14.5. The van der Waals surface area contributed by atoms with Gasteiger partial charge in [-0.2, -0.15) is 0 Å². The number of halogens is 4. The predicted octanol–water partition coefficient (Wildman–Crippen LogP) is 6.17. The van der Waals surface area contributed by atoms with Gasteiger partial charge in [-0.15, -0.1) is 0 Å². The fourth-order valence-electron chi connectivity index (χ4n) is 4.52. The molecule has 46 heavy (non-hydrogen) atoms. The number of alkyl halides is 2. The topological polar surface area (TPSA) is 102 Å². The highest BCUT2D eigenvalue weighted by Gasteiger charge is 2.46. The van der Waals surface area contributed by atoms with Crippen LogP contribution in [-0.4, -0.2) is 70.7 Å². The van der Waals surface area contributed by atoms with Crippen LogP contribution >= 0.6 is 0 Å². The molecule has 5 rings (SSSR count). The van der Waals surface area contributed by atoms with Crippen LogP contribution < -0.4 is 14.8 Å². The largest absolute Gasteiger partial charge is 0.494 e. The Hall–Kier alpha value is -5.07. The van der Waals surface area contributed by atoms with E-state index in [4.69, 9.17) is 9.47 Å². The van der Waals surface area contributed by atoms with E-state index in [-0.39, 0.29) is 17.1 Å². The fourth-order valence-corrected chi connectivity index (χ4v) is 4.52. The number of hydrogen-bond donors (Lipinski definition) is 1. The Morgan fingerprint density at radius 1 is 1.04 bits per heavy atom. The van der Waals surface area contributed by atoms with Crippen LogP contribution in [0.4, 0.5) is 29.1 Å². The van der Waals surface area contributed by atoms with Crippen molar-refractivity contribution in [1.29, 1.82) is 0 Å². The molecule has 13 heteroatoms. The van der Waals surface area contributed by atoms with E-state index in [0.717, 1.165) is 16.0 Å². The molecule has 2 aromatic carbocycles. The SMILES string of the molecule is CCOc1cc(F)c(CC)c(F)c1.CN=C(c1ncc(OCC(=O)N2CC(F)(F)C2)c(Nc2ccncc2)n1)c1ccccc1C. The summed E-state index contributed by atoms with van der Waals surface area (Å²) in [5, 5.41) is 3.14. The summed E-state index contributed by atoms with van der Waals surface area (Å²) in [5.74, 6) is -3.31. The molecule has 3 heterocycles. The molecule has 0 unspecified atom stereocenters. The smallest absolute Gasteiger partial charge is 0.282 e. The van der Waals surface area contributed by atoms with Gasteiger partial charge in [-0.25, -0.2) is 27.5 Å². The summed E-state index contributed by atoms with van der Waals surface area (Å²) in [6, 6.07) is 13.7. The monoisotopic (exact) mass is 638 g/mol. The second-order valence-electron chi connectivity index (χ2n) is 10.2. The number of hydrogen-bond acceptors (Lipinski definition) is 8. The van der Waals surface area contributed by atoms with E-state index < -0.39 is 43.2 Å². The van der Waals surface area contributed by atoms with E-state index >= 15 is 0 Å². The molecule has 1 aliphatic heterocycles. The number of aryl methyl sites for hydroxylation is 1. The second-order valence-corrected chi connectivity index (χ2v) is 10.2. The Balaban J connectivity index is 0.000000310. The van der Waals surface area contributed by atoms with Crippen LogP contribution in [0, 0.1) is 18.6 Å². The number of aromatic nitrogens is 3. The van der Waals surface area contributed by atoms with Crippen LogP contribution in [0.15, 0.2) is 72.1 Å². The Morgan fingerprint density at radius 2 is 1.72 bits per heavy atom. The highest BCUT2D eigenvalue weighted by molar-refractivity contribution is 6.11. The molecule has 0 radical (unpaired) electrons. The summed E-state index contributed by atoms with van der Waals surface area (Å²) < 4.78 is 62.9. The van der Waals surface area contributed by atoms with Gasteiger partial charge in [-0.05, 0) is 38.0 Å². The van der Waals surface area contributed by atoms with Gasteiger partial charge in [0.2, 0.25) is 0 Å². The molecule has 0 bridgehead atoms. The van der Waals surface area contributed by atoms with E-state index in [1.54, 1.807) is 45.4 Å². The lowest BCUT2D eigenvalue weighted by Crippen LogP contribution is -2.59. The van der Waals surface area contributed by atoms with Crippen LogP contribution in [0.1, 0.15) is 36.4 Å². The quantitative estimate of drug-likeness (QED) is 0.164. The summed E-state index contributed by atoms with van der Waals surface area (Å²) in [6.07, 6.45) is 5.02. The van der Waals surface area contributed by atoms with Crippen molar-refractivity contribution in [3.05, 3.63) is 101 Å². The van der Waals surface area contributed by atoms with E-state index in [0.29, 0.717) is 36.1 Å². The highest BCUT2D eigenvalue weighted by atomic mass is 19.3. The molecule has 1 fully saturated rings. The van der Waals surface area contributed by atoms with Gasteiger partial charge >= 0.3 is 0 Å². The number of carbonyl (C=O) groups is 1. The van der Waals surface area contributed by atoms with Gasteiger partial charge in [-0.3, -0.25) is 14.8 Å². The van der Waals surface area contributed by atoms with Crippen LogP contribution in [0.5, 0.6) is 11.5 Å². The molecule has 0 atom stereocenters. The van der Waals surface area contributed by atoms with Crippen molar-refractivity contribution in [3.8, 4) is 11.5 Å². The number of carbonyl (C=O) groups excluding carboxylic acids is 1. The third kappa shape index (κ3) is 8.55. The summed E-state index contributed by atoms with van der Waals surface area (Å²) in [5.41, 5.74) is 3.30. The number of rotatable bonds is 10. The molecular weight excluding hydrogens is 604 g/mol.